The monoisotopic (exact) mass is 598 g/mol. The zero-order chi connectivity index (χ0) is 29.4. The van der Waals surface area contributed by atoms with Crippen molar-refractivity contribution in [3.8, 4) is 34.2 Å². The molecule has 0 spiro atoms. The summed E-state index contributed by atoms with van der Waals surface area (Å²) in [5.41, 5.74) is 8.22. The van der Waals surface area contributed by atoms with Crippen LogP contribution in [0.15, 0.2) is 58.8 Å². The standard InChI is InChI=1S/C28H30N12S2/c1-7-37-33-25(31-35-37)21-15-29-39(23-13-9-11-17(3)19(23)5)27(21)41-42-28-22(26-32-36-38(8-2)34-26)16-30-40(28)24-14-10-12-18(4)20(24)6/h9-16H,7-8H2,1-6H3. The lowest BCUT2D eigenvalue weighted by Crippen LogP contribution is -2.03. The van der Waals surface area contributed by atoms with Gasteiger partial charge in [0, 0.05) is 0 Å². The summed E-state index contributed by atoms with van der Waals surface area (Å²) in [5, 5.41) is 37.6. The molecule has 0 atom stereocenters. The summed E-state index contributed by atoms with van der Waals surface area (Å²) in [6.45, 7) is 13.6. The van der Waals surface area contributed by atoms with Crippen LogP contribution in [0.4, 0.5) is 0 Å². The fourth-order valence-electron chi connectivity index (χ4n) is 4.46. The van der Waals surface area contributed by atoms with E-state index in [0.29, 0.717) is 24.7 Å². The first-order valence-electron chi connectivity index (χ1n) is 13.6. The van der Waals surface area contributed by atoms with Gasteiger partial charge in [-0.2, -0.15) is 19.8 Å². The second-order valence-corrected chi connectivity index (χ2v) is 11.9. The van der Waals surface area contributed by atoms with Crippen LogP contribution in [0.2, 0.25) is 0 Å². The number of benzene rings is 2. The summed E-state index contributed by atoms with van der Waals surface area (Å²) < 4.78 is 3.90. The Labute approximate surface area is 250 Å². The zero-order valence-corrected chi connectivity index (χ0v) is 25.8. The molecule has 4 aromatic heterocycles. The van der Waals surface area contributed by atoms with Crippen molar-refractivity contribution in [1.29, 1.82) is 0 Å². The van der Waals surface area contributed by atoms with Crippen molar-refractivity contribution < 1.29 is 0 Å². The molecule has 0 amide bonds. The summed E-state index contributed by atoms with van der Waals surface area (Å²) in [7, 11) is 3.11. The molecule has 0 aliphatic carbocycles. The highest BCUT2D eigenvalue weighted by Crippen LogP contribution is 2.46. The van der Waals surface area contributed by atoms with E-state index in [0.717, 1.165) is 43.7 Å². The summed E-state index contributed by atoms with van der Waals surface area (Å²) >= 11 is 0. The number of hydrogen-bond acceptors (Lipinski definition) is 10. The minimum atomic E-state index is 0.521. The molecule has 214 valence electrons. The summed E-state index contributed by atoms with van der Waals surface area (Å²) in [6.07, 6.45) is 3.61. The van der Waals surface area contributed by atoms with Crippen molar-refractivity contribution in [3.05, 3.63) is 71.0 Å². The van der Waals surface area contributed by atoms with Crippen LogP contribution in [-0.4, -0.2) is 60.0 Å². The average Bonchev–Trinajstić information content (AvgIpc) is 3.80. The van der Waals surface area contributed by atoms with E-state index in [1.54, 1.807) is 43.6 Å². The maximum Gasteiger partial charge on any atom is 0.209 e. The van der Waals surface area contributed by atoms with E-state index >= 15 is 0 Å². The third-order valence-corrected chi connectivity index (χ3v) is 9.59. The van der Waals surface area contributed by atoms with Crippen LogP contribution in [0.1, 0.15) is 36.1 Å². The number of aromatic nitrogens is 12. The van der Waals surface area contributed by atoms with Crippen LogP contribution in [0.5, 0.6) is 0 Å². The fraction of sp³-hybridized carbons (Fsp3) is 0.286. The smallest absolute Gasteiger partial charge is 0.209 e. The maximum atomic E-state index is 4.81. The van der Waals surface area contributed by atoms with Gasteiger partial charge >= 0.3 is 0 Å². The Morgan fingerprint density at radius 3 is 1.43 bits per heavy atom. The topological polar surface area (TPSA) is 123 Å². The van der Waals surface area contributed by atoms with E-state index in [-0.39, 0.29) is 0 Å². The second kappa shape index (κ2) is 11.5. The molecule has 0 aliphatic rings. The van der Waals surface area contributed by atoms with Crippen molar-refractivity contribution in [3.63, 3.8) is 0 Å². The molecule has 0 unspecified atom stereocenters. The Hall–Kier alpha value is -4.30. The SMILES string of the molecule is CCn1nnc(-c2cnn(-c3cccc(C)c3C)c2SSc2c(-c3nnn(CC)n3)cnn2-c2cccc(C)c2C)n1. The molecule has 4 heterocycles. The zero-order valence-electron chi connectivity index (χ0n) is 24.2. The van der Waals surface area contributed by atoms with Crippen molar-refractivity contribution in [1.82, 2.24) is 60.0 Å². The summed E-state index contributed by atoms with van der Waals surface area (Å²) in [5.74, 6) is 1.04. The molecule has 0 saturated heterocycles. The van der Waals surface area contributed by atoms with E-state index in [9.17, 15) is 0 Å². The first kappa shape index (κ1) is 27.8. The maximum absolute atomic E-state index is 4.81. The Bertz CT molecular complexity index is 1740. The molecule has 0 fully saturated rings. The van der Waals surface area contributed by atoms with Crippen LogP contribution in [-0.2, 0) is 13.1 Å². The van der Waals surface area contributed by atoms with Crippen molar-refractivity contribution in [2.24, 2.45) is 0 Å². The minimum absolute atomic E-state index is 0.521. The molecule has 0 N–H and O–H groups in total. The molecule has 0 radical (unpaired) electrons. The Balaban J connectivity index is 1.48. The van der Waals surface area contributed by atoms with E-state index in [2.05, 4.69) is 82.8 Å². The quantitative estimate of drug-likeness (QED) is 0.199. The third kappa shape index (κ3) is 5.00. The van der Waals surface area contributed by atoms with Gasteiger partial charge in [-0.05, 0) is 108 Å². The lowest BCUT2D eigenvalue weighted by atomic mass is 10.1. The van der Waals surface area contributed by atoms with Crippen molar-refractivity contribution in [2.75, 3.05) is 0 Å². The van der Waals surface area contributed by atoms with Gasteiger partial charge in [0.25, 0.3) is 0 Å². The van der Waals surface area contributed by atoms with Gasteiger partial charge in [0.15, 0.2) is 0 Å². The number of rotatable bonds is 9. The second-order valence-electron chi connectivity index (χ2n) is 9.76. The van der Waals surface area contributed by atoms with Crippen LogP contribution in [0.25, 0.3) is 34.2 Å². The summed E-state index contributed by atoms with van der Waals surface area (Å²) in [6, 6.07) is 12.4. The molecular weight excluding hydrogens is 569 g/mol. The number of hydrogen-bond donors (Lipinski definition) is 0. The van der Waals surface area contributed by atoms with Gasteiger partial charge in [0.2, 0.25) is 11.6 Å². The lowest BCUT2D eigenvalue weighted by molar-refractivity contribution is 0.552. The predicted octanol–water partition coefficient (Wildman–Crippen LogP) is 5.44. The molecule has 6 rings (SSSR count). The molecule has 42 heavy (non-hydrogen) atoms. The van der Waals surface area contributed by atoms with Gasteiger partial charge in [0.05, 0.1) is 48.0 Å². The van der Waals surface area contributed by atoms with Gasteiger partial charge in [-0.3, -0.25) is 0 Å². The first-order valence-corrected chi connectivity index (χ1v) is 15.7. The van der Waals surface area contributed by atoms with E-state index in [1.165, 1.54) is 11.1 Å². The van der Waals surface area contributed by atoms with E-state index in [4.69, 9.17) is 10.2 Å². The molecule has 6 aromatic rings. The van der Waals surface area contributed by atoms with Crippen molar-refractivity contribution in [2.45, 2.75) is 64.7 Å². The fourth-order valence-corrected chi connectivity index (χ4v) is 6.96. The Kier molecular flexibility index (Phi) is 7.64. The molecule has 2 aromatic carbocycles. The lowest BCUT2D eigenvalue weighted by Gasteiger charge is -2.14. The average molecular weight is 599 g/mol. The van der Waals surface area contributed by atoms with Crippen LogP contribution in [0.3, 0.4) is 0 Å². The predicted molar refractivity (Wildman–Crippen MR) is 163 cm³/mol. The molecule has 0 aliphatic heterocycles. The molecule has 14 heteroatoms. The van der Waals surface area contributed by atoms with Gasteiger partial charge in [-0.15, -0.1) is 20.4 Å². The highest BCUT2D eigenvalue weighted by atomic mass is 33.1. The third-order valence-electron chi connectivity index (χ3n) is 7.21. The van der Waals surface area contributed by atoms with Crippen molar-refractivity contribution >= 4 is 21.6 Å². The van der Waals surface area contributed by atoms with Crippen LogP contribution < -0.4 is 0 Å². The molecule has 0 bridgehead atoms. The van der Waals surface area contributed by atoms with Gasteiger partial charge < -0.3 is 0 Å². The number of tetrazole rings is 2. The Morgan fingerprint density at radius 2 is 1.05 bits per heavy atom. The molecular formula is C28H30N12S2. The molecule has 0 saturated carbocycles. The Morgan fingerprint density at radius 1 is 0.619 bits per heavy atom. The largest absolute Gasteiger partial charge is 0.225 e. The highest BCUT2D eigenvalue weighted by molar-refractivity contribution is 8.76. The number of nitrogens with zero attached hydrogens (tertiary/aromatic N) is 12. The van der Waals surface area contributed by atoms with Gasteiger partial charge in [-0.1, -0.05) is 24.3 Å². The minimum Gasteiger partial charge on any atom is -0.225 e. The summed E-state index contributed by atoms with van der Waals surface area (Å²) in [4.78, 5) is 3.14. The van der Waals surface area contributed by atoms with E-state index < -0.39 is 0 Å². The normalized spacial score (nSPS) is 11.5. The number of aryl methyl sites for hydroxylation is 4. The van der Waals surface area contributed by atoms with Gasteiger partial charge in [-0.25, -0.2) is 9.36 Å². The first-order chi connectivity index (χ1) is 20.4. The van der Waals surface area contributed by atoms with Crippen LogP contribution >= 0.6 is 21.6 Å². The van der Waals surface area contributed by atoms with E-state index in [1.807, 2.05) is 35.3 Å². The molecule has 12 nitrogen and oxygen atoms in total. The highest BCUT2D eigenvalue weighted by Gasteiger charge is 2.25. The van der Waals surface area contributed by atoms with Crippen LogP contribution in [0, 0.1) is 27.7 Å². The van der Waals surface area contributed by atoms with Gasteiger partial charge in [0.1, 0.15) is 10.1 Å².